The number of amides is 1. The number of pyridine rings is 1. The van der Waals surface area contributed by atoms with E-state index in [-0.39, 0.29) is 23.0 Å². The zero-order chi connectivity index (χ0) is 13.8. The van der Waals surface area contributed by atoms with Crippen LogP contribution in [0.15, 0.2) is 24.7 Å². The van der Waals surface area contributed by atoms with E-state index in [1.165, 1.54) is 30.2 Å². The van der Waals surface area contributed by atoms with E-state index >= 15 is 0 Å². The molecule has 0 saturated carbocycles. The standard InChI is InChI=1S/C12H8N6O/c1-15-12(19)9-4-8(2-3-16-9)18-7-17-10(5-13)11(18)6-14/h2-4,7H,1H3,(H,15,19). The maximum Gasteiger partial charge on any atom is 0.269 e. The molecule has 0 saturated heterocycles. The second kappa shape index (κ2) is 4.98. The molecule has 0 fully saturated rings. The molecule has 0 aliphatic rings. The van der Waals surface area contributed by atoms with Crippen LogP contribution < -0.4 is 5.32 Å². The van der Waals surface area contributed by atoms with Crippen LogP contribution in [0, 0.1) is 22.7 Å². The predicted molar refractivity (Wildman–Crippen MR) is 64.2 cm³/mol. The number of hydrogen-bond acceptors (Lipinski definition) is 5. The highest BCUT2D eigenvalue weighted by Gasteiger charge is 2.13. The van der Waals surface area contributed by atoms with Crippen molar-refractivity contribution in [1.29, 1.82) is 10.5 Å². The van der Waals surface area contributed by atoms with Crippen LogP contribution in [0.1, 0.15) is 21.9 Å². The summed E-state index contributed by atoms with van der Waals surface area (Å²) in [6.45, 7) is 0. The van der Waals surface area contributed by atoms with E-state index in [1.54, 1.807) is 6.07 Å². The van der Waals surface area contributed by atoms with Crippen molar-refractivity contribution in [2.45, 2.75) is 0 Å². The van der Waals surface area contributed by atoms with E-state index in [0.29, 0.717) is 5.69 Å². The molecule has 7 heteroatoms. The van der Waals surface area contributed by atoms with Gasteiger partial charge in [-0.25, -0.2) is 4.98 Å². The van der Waals surface area contributed by atoms with Gasteiger partial charge in [0.05, 0.1) is 5.69 Å². The fourth-order valence-electron chi connectivity index (χ4n) is 1.55. The van der Waals surface area contributed by atoms with Gasteiger partial charge >= 0.3 is 0 Å². The van der Waals surface area contributed by atoms with Crippen LogP contribution in [0.2, 0.25) is 0 Å². The number of nitriles is 2. The molecule has 0 unspecified atom stereocenters. The van der Waals surface area contributed by atoms with Crippen LogP contribution in [0.3, 0.4) is 0 Å². The van der Waals surface area contributed by atoms with E-state index in [4.69, 9.17) is 10.5 Å². The summed E-state index contributed by atoms with van der Waals surface area (Å²) in [6.07, 6.45) is 2.81. The van der Waals surface area contributed by atoms with Gasteiger partial charge in [-0.15, -0.1) is 0 Å². The third-order valence-corrected chi connectivity index (χ3v) is 2.46. The zero-order valence-electron chi connectivity index (χ0n) is 9.95. The molecule has 19 heavy (non-hydrogen) atoms. The van der Waals surface area contributed by atoms with Gasteiger partial charge in [-0.3, -0.25) is 14.3 Å². The molecule has 0 spiro atoms. The lowest BCUT2D eigenvalue weighted by Crippen LogP contribution is -2.19. The van der Waals surface area contributed by atoms with Crippen molar-refractivity contribution >= 4 is 5.91 Å². The lowest BCUT2D eigenvalue weighted by atomic mass is 10.3. The fraction of sp³-hybridized carbons (Fsp3) is 0.0833. The third-order valence-electron chi connectivity index (χ3n) is 2.46. The first-order chi connectivity index (χ1) is 9.21. The molecule has 0 aliphatic heterocycles. The molecule has 0 aliphatic carbocycles. The molecule has 92 valence electrons. The Morgan fingerprint density at radius 1 is 1.37 bits per heavy atom. The quantitative estimate of drug-likeness (QED) is 0.830. The molecule has 0 aromatic carbocycles. The average Bonchev–Trinajstić information content (AvgIpc) is 2.89. The van der Waals surface area contributed by atoms with Gasteiger partial charge in [0, 0.05) is 13.2 Å². The van der Waals surface area contributed by atoms with Crippen LogP contribution in [0.25, 0.3) is 5.69 Å². The molecule has 1 amide bonds. The van der Waals surface area contributed by atoms with Gasteiger partial charge < -0.3 is 5.32 Å². The molecule has 0 radical (unpaired) electrons. The SMILES string of the molecule is CNC(=O)c1cc(-n2cnc(C#N)c2C#N)ccn1. The predicted octanol–water partition coefficient (Wildman–Crippen LogP) is 0.370. The van der Waals surface area contributed by atoms with E-state index in [1.807, 2.05) is 12.1 Å². The first-order valence-corrected chi connectivity index (χ1v) is 5.27. The molecule has 1 N–H and O–H groups in total. The maximum atomic E-state index is 11.5. The van der Waals surface area contributed by atoms with Crippen molar-refractivity contribution in [1.82, 2.24) is 19.9 Å². The lowest BCUT2D eigenvalue weighted by Gasteiger charge is -2.05. The van der Waals surface area contributed by atoms with E-state index in [2.05, 4.69) is 15.3 Å². The second-order valence-electron chi connectivity index (χ2n) is 3.51. The fourth-order valence-corrected chi connectivity index (χ4v) is 1.55. The molecule has 2 aromatic rings. The van der Waals surface area contributed by atoms with Gasteiger partial charge in [-0.2, -0.15) is 10.5 Å². The van der Waals surface area contributed by atoms with Crippen LogP contribution in [-0.2, 0) is 0 Å². The Morgan fingerprint density at radius 3 is 2.79 bits per heavy atom. The van der Waals surface area contributed by atoms with Crippen LogP contribution >= 0.6 is 0 Å². The van der Waals surface area contributed by atoms with Crippen LogP contribution in [0.5, 0.6) is 0 Å². The summed E-state index contributed by atoms with van der Waals surface area (Å²) in [4.78, 5) is 19.3. The molecule has 2 heterocycles. The minimum absolute atomic E-state index is 0.0424. The van der Waals surface area contributed by atoms with Crippen molar-refractivity contribution in [3.05, 3.63) is 41.7 Å². The van der Waals surface area contributed by atoms with E-state index in [9.17, 15) is 4.79 Å². The van der Waals surface area contributed by atoms with Crippen molar-refractivity contribution in [3.8, 4) is 17.8 Å². The summed E-state index contributed by atoms with van der Waals surface area (Å²) in [7, 11) is 1.50. The Bertz CT molecular complexity index is 719. The Labute approximate surface area is 108 Å². The minimum Gasteiger partial charge on any atom is -0.354 e. The lowest BCUT2D eigenvalue weighted by molar-refractivity contribution is 0.0958. The highest BCUT2D eigenvalue weighted by molar-refractivity contribution is 5.92. The number of imidazole rings is 1. The van der Waals surface area contributed by atoms with Gasteiger partial charge in [0.15, 0.2) is 11.4 Å². The number of nitrogens with one attached hydrogen (secondary N) is 1. The third kappa shape index (κ3) is 2.13. The number of carbonyl (C=O) groups excluding carboxylic acids is 1. The monoisotopic (exact) mass is 252 g/mol. The number of hydrogen-bond donors (Lipinski definition) is 1. The molecule has 7 nitrogen and oxygen atoms in total. The van der Waals surface area contributed by atoms with Gasteiger partial charge in [0.25, 0.3) is 5.91 Å². The summed E-state index contributed by atoms with van der Waals surface area (Å²) < 4.78 is 1.44. The molecular weight excluding hydrogens is 244 g/mol. The second-order valence-corrected chi connectivity index (χ2v) is 3.51. The summed E-state index contributed by atoms with van der Waals surface area (Å²) in [5.74, 6) is -0.332. The topological polar surface area (TPSA) is 107 Å². The first kappa shape index (κ1) is 12.3. The van der Waals surface area contributed by atoms with Gasteiger partial charge in [0.2, 0.25) is 0 Å². The zero-order valence-corrected chi connectivity index (χ0v) is 9.95. The molecule has 0 atom stereocenters. The number of carbonyl (C=O) groups is 1. The summed E-state index contributed by atoms with van der Waals surface area (Å²) in [6, 6.07) is 6.89. The van der Waals surface area contributed by atoms with E-state index < -0.39 is 0 Å². The summed E-state index contributed by atoms with van der Waals surface area (Å²) in [5, 5.41) is 20.3. The minimum atomic E-state index is -0.332. The Morgan fingerprint density at radius 2 is 2.16 bits per heavy atom. The van der Waals surface area contributed by atoms with Crippen molar-refractivity contribution < 1.29 is 4.79 Å². The van der Waals surface area contributed by atoms with Crippen LogP contribution in [0.4, 0.5) is 0 Å². The largest absolute Gasteiger partial charge is 0.354 e. The molecule has 0 bridgehead atoms. The van der Waals surface area contributed by atoms with Crippen LogP contribution in [-0.4, -0.2) is 27.5 Å². The Balaban J connectivity index is 2.55. The molecule has 2 rings (SSSR count). The van der Waals surface area contributed by atoms with Crippen molar-refractivity contribution in [2.24, 2.45) is 0 Å². The Hall–Kier alpha value is -3.19. The van der Waals surface area contributed by atoms with E-state index in [0.717, 1.165) is 0 Å². The number of nitrogens with zero attached hydrogens (tertiary/aromatic N) is 5. The van der Waals surface area contributed by atoms with Gasteiger partial charge in [-0.1, -0.05) is 0 Å². The first-order valence-electron chi connectivity index (χ1n) is 5.27. The smallest absolute Gasteiger partial charge is 0.269 e. The number of rotatable bonds is 2. The molecular formula is C12H8N6O. The summed E-state index contributed by atoms with van der Waals surface area (Å²) in [5.41, 5.74) is 0.924. The van der Waals surface area contributed by atoms with Crippen molar-refractivity contribution in [3.63, 3.8) is 0 Å². The molecule has 2 aromatic heterocycles. The van der Waals surface area contributed by atoms with Crippen molar-refractivity contribution in [2.75, 3.05) is 7.05 Å². The highest BCUT2D eigenvalue weighted by Crippen LogP contribution is 2.14. The van der Waals surface area contributed by atoms with Gasteiger partial charge in [0.1, 0.15) is 24.2 Å². The highest BCUT2D eigenvalue weighted by atomic mass is 16.1. The van der Waals surface area contributed by atoms with Gasteiger partial charge in [-0.05, 0) is 12.1 Å². The Kier molecular flexibility index (Phi) is 3.22. The number of aromatic nitrogens is 3. The maximum absolute atomic E-state index is 11.5. The normalized spacial score (nSPS) is 9.42. The summed E-state index contributed by atoms with van der Waals surface area (Å²) >= 11 is 0. The average molecular weight is 252 g/mol.